The van der Waals surface area contributed by atoms with E-state index in [1.165, 1.54) is 23.5 Å². The Morgan fingerprint density at radius 3 is 2.50 bits per heavy atom. The van der Waals surface area contributed by atoms with Crippen LogP contribution in [-0.2, 0) is 13.0 Å². The first-order chi connectivity index (χ1) is 12.5. The third-order valence-corrected chi connectivity index (χ3v) is 4.94. The summed E-state index contributed by atoms with van der Waals surface area (Å²) in [4.78, 5) is 22.0. The molecule has 2 aromatic heterocycles. The molecule has 3 aromatic rings. The zero-order chi connectivity index (χ0) is 18.5. The van der Waals surface area contributed by atoms with Gasteiger partial charge in [-0.25, -0.2) is 9.37 Å². The molecule has 0 unspecified atom stereocenters. The monoisotopic (exact) mass is 369 g/mol. The Balaban J connectivity index is 1.81. The van der Waals surface area contributed by atoms with Crippen LogP contribution in [0.4, 0.5) is 4.39 Å². The largest absolute Gasteiger partial charge is 0.347 e. The fourth-order valence-corrected chi connectivity index (χ4v) is 3.55. The third-order valence-electron chi connectivity index (χ3n) is 3.80. The van der Waals surface area contributed by atoms with E-state index in [0.29, 0.717) is 17.3 Å². The van der Waals surface area contributed by atoms with Gasteiger partial charge in [-0.1, -0.05) is 26.0 Å². The van der Waals surface area contributed by atoms with Gasteiger partial charge in [-0.05, 0) is 42.2 Å². The lowest BCUT2D eigenvalue weighted by molar-refractivity contribution is 0.0953. The van der Waals surface area contributed by atoms with E-state index in [1.807, 2.05) is 12.1 Å². The third kappa shape index (κ3) is 4.52. The summed E-state index contributed by atoms with van der Waals surface area (Å²) in [6.45, 7) is 4.56. The summed E-state index contributed by atoms with van der Waals surface area (Å²) in [5, 5.41) is 3.72. The van der Waals surface area contributed by atoms with Gasteiger partial charge in [0.15, 0.2) is 0 Å². The number of nitrogens with zero attached hydrogens (tertiary/aromatic N) is 2. The molecular weight excluding hydrogens is 349 g/mol. The number of nitrogens with one attached hydrogen (secondary N) is 1. The van der Waals surface area contributed by atoms with Crippen molar-refractivity contribution in [1.82, 2.24) is 15.3 Å². The Hall–Kier alpha value is -2.60. The molecule has 1 N–H and O–H groups in total. The van der Waals surface area contributed by atoms with Crippen LogP contribution >= 0.6 is 11.3 Å². The van der Waals surface area contributed by atoms with Crippen molar-refractivity contribution in [2.75, 3.05) is 0 Å². The van der Waals surface area contributed by atoms with Crippen LogP contribution in [0.1, 0.15) is 34.8 Å². The second-order valence-corrected chi connectivity index (χ2v) is 7.44. The first-order valence-corrected chi connectivity index (χ1v) is 9.27. The van der Waals surface area contributed by atoms with Crippen LogP contribution in [0.25, 0.3) is 10.6 Å². The molecule has 0 aliphatic heterocycles. The van der Waals surface area contributed by atoms with E-state index in [4.69, 9.17) is 0 Å². The molecule has 0 saturated carbocycles. The maximum atomic E-state index is 13.0. The number of thiazole rings is 1. The number of halogens is 1. The molecule has 3 rings (SSSR count). The highest BCUT2D eigenvalue weighted by molar-refractivity contribution is 7.17. The van der Waals surface area contributed by atoms with Gasteiger partial charge in [0.1, 0.15) is 15.7 Å². The number of benzene rings is 1. The summed E-state index contributed by atoms with van der Waals surface area (Å²) < 4.78 is 13.0. The van der Waals surface area contributed by atoms with Crippen LogP contribution in [0.15, 0.2) is 48.8 Å². The summed E-state index contributed by atoms with van der Waals surface area (Å²) in [5.41, 5.74) is 2.62. The topological polar surface area (TPSA) is 54.9 Å². The minimum Gasteiger partial charge on any atom is -0.347 e. The molecule has 4 nitrogen and oxygen atoms in total. The van der Waals surface area contributed by atoms with Crippen LogP contribution < -0.4 is 5.32 Å². The summed E-state index contributed by atoms with van der Waals surface area (Å²) in [6.07, 6.45) is 4.17. The van der Waals surface area contributed by atoms with E-state index in [2.05, 4.69) is 29.1 Å². The van der Waals surface area contributed by atoms with Gasteiger partial charge in [0.2, 0.25) is 0 Å². The average Bonchev–Trinajstić information content (AvgIpc) is 3.05. The molecule has 2 heterocycles. The average molecular weight is 369 g/mol. The van der Waals surface area contributed by atoms with Crippen LogP contribution in [0, 0.1) is 11.7 Å². The first-order valence-electron chi connectivity index (χ1n) is 8.45. The standard InChI is InChI=1S/C20H20FN3OS/c1-13(2)11-17-18(26-20(24-17)15-7-9-22-10-8-15)19(25)23-12-14-3-5-16(21)6-4-14/h3-10,13H,11-12H2,1-2H3,(H,23,25). The van der Waals surface area contributed by atoms with E-state index in [9.17, 15) is 9.18 Å². The molecule has 6 heteroatoms. The van der Waals surface area contributed by atoms with Gasteiger partial charge in [-0.2, -0.15) is 0 Å². The van der Waals surface area contributed by atoms with Crippen molar-refractivity contribution in [3.8, 4) is 10.6 Å². The number of aromatic nitrogens is 2. The molecule has 0 bridgehead atoms. The van der Waals surface area contributed by atoms with Crippen LogP contribution in [-0.4, -0.2) is 15.9 Å². The van der Waals surface area contributed by atoms with Crippen molar-refractivity contribution >= 4 is 17.2 Å². The highest BCUT2D eigenvalue weighted by atomic mass is 32.1. The van der Waals surface area contributed by atoms with E-state index in [0.717, 1.165) is 28.2 Å². The minimum atomic E-state index is -0.288. The van der Waals surface area contributed by atoms with Gasteiger partial charge in [0.25, 0.3) is 5.91 Å². The van der Waals surface area contributed by atoms with E-state index in [1.54, 1.807) is 24.5 Å². The zero-order valence-corrected chi connectivity index (χ0v) is 15.5. The molecule has 0 atom stereocenters. The van der Waals surface area contributed by atoms with Crippen molar-refractivity contribution in [1.29, 1.82) is 0 Å². The summed E-state index contributed by atoms with van der Waals surface area (Å²) in [5.74, 6) is -0.0439. The maximum Gasteiger partial charge on any atom is 0.263 e. The summed E-state index contributed by atoms with van der Waals surface area (Å²) in [7, 11) is 0. The molecule has 0 spiro atoms. The molecular formula is C20H20FN3OS. The van der Waals surface area contributed by atoms with Crippen molar-refractivity contribution < 1.29 is 9.18 Å². The number of carbonyl (C=O) groups excluding carboxylic acids is 1. The Morgan fingerprint density at radius 2 is 1.85 bits per heavy atom. The number of rotatable bonds is 6. The molecule has 0 radical (unpaired) electrons. The molecule has 0 fully saturated rings. The van der Waals surface area contributed by atoms with E-state index < -0.39 is 0 Å². The molecule has 134 valence electrons. The molecule has 1 aromatic carbocycles. The van der Waals surface area contributed by atoms with Crippen LogP contribution in [0.5, 0.6) is 0 Å². The number of hydrogen-bond acceptors (Lipinski definition) is 4. The van der Waals surface area contributed by atoms with Crippen LogP contribution in [0.3, 0.4) is 0 Å². The number of carbonyl (C=O) groups is 1. The predicted octanol–water partition coefficient (Wildman–Crippen LogP) is 4.47. The van der Waals surface area contributed by atoms with Crippen molar-refractivity contribution in [2.24, 2.45) is 5.92 Å². The quantitative estimate of drug-likeness (QED) is 0.697. The molecule has 0 aliphatic carbocycles. The summed E-state index contributed by atoms with van der Waals surface area (Å²) >= 11 is 1.39. The Morgan fingerprint density at radius 1 is 1.15 bits per heavy atom. The Labute approximate surface area is 156 Å². The second kappa shape index (κ2) is 8.19. The van der Waals surface area contributed by atoms with Gasteiger partial charge in [0, 0.05) is 24.5 Å². The molecule has 0 saturated heterocycles. The van der Waals surface area contributed by atoms with E-state index in [-0.39, 0.29) is 11.7 Å². The summed E-state index contributed by atoms with van der Waals surface area (Å²) in [6, 6.07) is 9.88. The van der Waals surface area contributed by atoms with Crippen molar-refractivity contribution in [2.45, 2.75) is 26.8 Å². The first kappa shape index (κ1) is 18.2. The smallest absolute Gasteiger partial charge is 0.263 e. The predicted molar refractivity (Wildman–Crippen MR) is 101 cm³/mol. The lowest BCUT2D eigenvalue weighted by Gasteiger charge is -2.07. The van der Waals surface area contributed by atoms with Crippen molar-refractivity contribution in [3.05, 3.63) is 70.7 Å². The minimum absolute atomic E-state index is 0.150. The number of pyridine rings is 1. The van der Waals surface area contributed by atoms with Crippen LogP contribution in [0.2, 0.25) is 0 Å². The maximum absolute atomic E-state index is 13.0. The molecule has 0 aliphatic rings. The van der Waals surface area contributed by atoms with Gasteiger partial charge >= 0.3 is 0 Å². The lowest BCUT2D eigenvalue weighted by Crippen LogP contribution is -2.23. The Bertz CT molecular complexity index is 876. The Kier molecular flexibility index (Phi) is 5.73. The van der Waals surface area contributed by atoms with Gasteiger partial charge in [-0.15, -0.1) is 11.3 Å². The fourth-order valence-electron chi connectivity index (χ4n) is 2.54. The van der Waals surface area contributed by atoms with Gasteiger partial charge in [0.05, 0.1) is 5.69 Å². The second-order valence-electron chi connectivity index (χ2n) is 6.44. The lowest BCUT2D eigenvalue weighted by atomic mass is 10.1. The number of amides is 1. The zero-order valence-electron chi connectivity index (χ0n) is 14.7. The number of hydrogen-bond donors (Lipinski definition) is 1. The fraction of sp³-hybridized carbons (Fsp3) is 0.250. The SMILES string of the molecule is CC(C)Cc1nc(-c2ccncc2)sc1C(=O)NCc1ccc(F)cc1. The van der Waals surface area contributed by atoms with Gasteiger partial charge in [-0.3, -0.25) is 9.78 Å². The normalized spacial score (nSPS) is 10.9. The molecule has 1 amide bonds. The van der Waals surface area contributed by atoms with Crippen molar-refractivity contribution in [3.63, 3.8) is 0 Å². The highest BCUT2D eigenvalue weighted by Crippen LogP contribution is 2.29. The molecule has 26 heavy (non-hydrogen) atoms. The highest BCUT2D eigenvalue weighted by Gasteiger charge is 2.19. The van der Waals surface area contributed by atoms with Gasteiger partial charge < -0.3 is 5.32 Å². The van der Waals surface area contributed by atoms with E-state index >= 15 is 0 Å².